The number of nitrogens with one attached hydrogen (secondary N) is 1. The zero-order valence-electron chi connectivity index (χ0n) is 11.2. The first-order chi connectivity index (χ1) is 9.63. The van der Waals surface area contributed by atoms with Gasteiger partial charge in [0.1, 0.15) is 0 Å². The number of ether oxygens (including phenoxy) is 1. The third-order valence-corrected chi connectivity index (χ3v) is 4.03. The van der Waals surface area contributed by atoms with E-state index in [1.54, 1.807) is 7.05 Å². The minimum Gasteiger partial charge on any atom is -0.469 e. The quantitative estimate of drug-likeness (QED) is 0.661. The van der Waals surface area contributed by atoms with Crippen molar-refractivity contribution in [3.8, 4) is 0 Å². The summed E-state index contributed by atoms with van der Waals surface area (Å²) in [5.41, 5.74) is 0.606. The Labute approximate surface area is 120 Å². The SMILES string of the molecule is COC(=O)C(CSc1n[nH]c(=O)n1C)c1ccccc1. The number of benzene rings is 1. The highest BCUT2D eigenvalue weighted by Crippen LogP contribution is 2.25. The molecule has 2 rings (SSSR count). The van der Waals surface area contributed by atoms with Crippen molar-refractivity contribution >= 4 is 17.7 Å². The molecule has 1 unspecified atom stereocenters. The monoisotopic (exact) mass is 293 g/mol. The second-order valence-corrected chi connectivity index (χ2v) is 5.15. The zero-order valence-corrected chi connectivity index (χ0v) is 12.0. The Balaban J connectivity index is 2.15. The van der Waals surface area contributed by atoms with Gasteiger partial charge in [0.05, 0.1) is 13.0 Å². The van der Waals surface area contributed by atoms with E-state index in [-0.39, 0.29) is 11.7 Å². The van der Waals surface area contributed by atoms with Crippen LogP contribution in [0.15, 0.2) is 40.3 Å². The third kappa shape index (κ3) is 3.11. The molecule has 0 aliphatic rings. The summed E-state index contributed by atoms with van der Waals surface area (Å²) < 4.78 is 6.25. The fraction of sp³-hybridized carbons (Fsp3) is 0.308. The van der Waals surface area contributed by atoms with Gasteiger partial charge in [-0.15, -0.1) is 5.10 Å². The lowest BCUT2D eigenvalue weighted by Gasteiger charge is -2.14. The van der Waals surface area contributed by atoms with Gasteiger partial charge in [0.2, 0.25) is 0 Å². The van der Waals surface area contributed by atoms with E-state index >= 15 is 0 Å². The van der Waals surface area contributed by atoms with Crippen molar-refractivity contribution in [3.05, 3.63) is 46.4 Å². The van der Waals surface area contributed by atoms with Gasteiger partial charge in [0.15, 0.2) is 5.16 Å². The normalized spacial score (nSPS) is 12.1. The summed E-state index contributed by atoms with van der Waals surface area (Å²) in [5.74, 6) is -0.239. The molecular weight excluding hydrogens is 278 g/mol. The largest absolute Gasteiger partial charge is 0.469 e. The average Bonchev–Trinajstić information content (AvgIpc) is 2.80. The Morgan fingerprint density at radius 1 is 1.45 bits per heavy atom. The predicted molar refractivity (Wildman–Crippen MR) is 75.8 cm³/mol. The maximum absolute atomic E-state index is 11.9. The molecule has 0 aliphatic heterocycles. The number of hydrogen-bond donors (Lipinski definition) is 1. The van der Waals surface area contributed by atoms with Crippen LogP contribution >= 0.6 is 11.8 Å². The van der Waals surface area contributed by atoms with Crippen molar-refractivity contribution < 1.29 is 9.53 Å². The standard InChI is InChI=1S/C13H15N3O3S/c1-16-12(18)14-15-13(16)20-8-10(11(17)19-2)9-6-4-3-5-7-9/h3-7,10H,8H2,1-2H3,(H,14,18). The minimum absolute atomic E-state index is 0.276. The Kier molecular flexibility index (Phi) is 4.62. The van der Waals surface area contributed by atoms with Crippen LogP contribution in [0.1, 0.15) is 11.5 Å². The highest BCUT2D eigenvalue weighted by atomic mass is 32.2. The lowest BCUT2D eigenvalue weighted by molar-refractivity contribution is -0.141. The summed E-state index contributed by atoms with van der Waals surface area (Å²) in [7, 11) is 3.00. The second-order valence-electron chi connectivity index (χ2n) is 4.17. The van der Waals surface area contributed by atoms with Crippen molar-refractivity contribution in [3.63, 3.8) is 0 Å². The smallest absolute Gasteiger partial charge is 0.343 e. The van der Waals surface area contributed by atoms with Crippen molar-refractivity contribution in [2.24, 2.45) is 7.05 Å². The third-order valence-electron chi connectivity index (χ3n) is 2.91. The number of nitrogens with zero attached hydrogens (tertiary/aromatic N) is 2. The van der Waals surface area contributed by atoms with E-state index in [0.717, 1.165) is 5.56 Å². The van der Waals surface area contributed by atoms with Crippen LogP contribution in [0.4, 0.5) is 0 Å². The van der Waals surface area contributed by atoms with E-state index in [1.807, 2.05) is 30.3 Å². The zero-order chi connectivity index (χ0) is 14.5. The molecule has 0 radical (unpaired) electrons. The maximum atomic E-state index is 11.9. The molecule has 0 saturated heterocycles. The summed E-state index contributed by atoms with van der Waals surface area (Å²) in [4.78, 5) is 23.2. The van der Waals surface area contributed by atoms with Gasteiger partial charge in [0.25, 0.3) is 0 Å². The number of H-pyrrole nitrogens is 1. The molecular formula is C13H15N3O3S. The van der Waals surface area contributed by atoms with Crippen LogP contribution in [0.5, 0.6) is 0 Å². The van der Waals surface area contributed by atoms with Crippen LogP contribution in [0.3, 0.4) is 0 Å². The second kappa shape index (κ2) is 6.42. The van der Waals surface area contributed by atoms with Crippen LogP contribution < -0.4 is 5.69 Å². The highest BCUT2D eigenvalue weighted by Gasteiger charge is 2.22. The molecule has 1 heterocycles. The van der Waals surface area contributed by atoms with Crippen LogP contribution in [-0.4, -0.2) is 33.6 Å². The van der Waals surface area contributed by atoms with E-state index in [9.17, 15) is 9.59 Å². The van der Waals surface area contributed by atoms with Crippen LogP contribution in [0.25, 0.3) is 0 Å². The molecule has 1 aromatic heterocycles. The molecule has 2 aromatic rings. The summed E-state index contributed by atoms with van der Waals surface area (Å²) in [6, 6.07) is 9.40. The van der Waals surface area contributed by atoms with Crippen LogP contribution in [-0.2, 0) is 16.6 Å². The number of methoxy groups -OCH3 is 1. The Morgan fingerprint density at radius 3 is 2.70 bits per heavy atom. The Bertz CT molecular complexity index is 636. The number of thioether (sulfide) groups is 1. The van der Waals surface area contributed by atoms with Crippen molar-refractivity contribution in [2.45, 2.75) is 11.1 Å². The van der Waals surface area contributed by atoms with E-state index in [2.05, 4.69) is 10.2 Å². The number of carbonyl (C=O) groups is 1. The van der Waals surface area contributed by atoms with Gasteiger partial charge >= 0.3 is 11.7 Å². The number of carbonyl (C=O) groups excluding carboxylic acids is 1. The highest BCUT2D eigenvalue weighted by molar-refractivity contribution is 7.99. The van der Waals surface area contributed by atoms with E-state index in [1.165, 1.54) is 23.4 Å². The molecule has 1 atom stereocenters. The number of aromatic amines is 1. The van der Waals surface area contributed by atoms with Gasteiger partial charge in [-0.2, -0.15) is 0 Å². The molecule has 0 spiro atoms. The van der Waals surface area contributed by atoms with Gasteiger partial charge in [0, 0.05) is 12.8 Å². The van der Waals surface area contributed by atoms with Crippen molar-refractivity contribution in [1.82, 2.24) is 14.8 Å². The van der Waals surface area contributed by atoms with Gasteiger partial charge in [-0.3, -0.25) is 9.36 Å². The number of aromatic nitrogens is 3. The minimum atomic E-state index is -0.391. The summed E-state index contributed by atoms with van der Waals surface area (Å²) in [5, 5.41) is 6.81. The average molecular weight is 293 g/mol. The van der Waals surface area contributed by atoms with Gasteiger partial charge in [-0.25, -0.2) is 9.89 Å². The van der Waals surface area contributed by atoms with E-state index in [0.29, 0.717) is 10.9 Å². The number of rotatable bonds is 5. The summed E-state index contributed by atoms with van der Waals surface area (Å²) in [6.07, 6.45) is 0. The van der Waals surface area contributed by atoms with Crippen molar-refractivity contribution in [2.75, 3.05) is 12.9 Å². The topological polar surface area (TPSA) is 77.0 Å². The summed E-state index contributed by atoms with van der Waals surface area (Å²) in [6.45, 7) is 0. The number of hydrogen-bond acceptors (Lipinski definition) is 5. The fourth-order valence-corrected chi connectivity index (χ4v) is 2.78. The lowest BCUT2D eigenvalue weighted by Crippen LogP contribution is -2.17. The van der Waals surface area contributed by atoms with Gasteiger partial charge < -0.3 is 4.74 Å². The lowest BCUT2D eigenvalue weighted by atomic mass is 10.0. The maximum Gasteiger partial charge on any atom is 0.343 e. The molecule has 1 N–H and O–H groups in total. The Morgan fingerprint density at radius 2 is 2.15 bits per heavy atom. The van der Waals surface area contributed by atoms with Crippen LogP contribution in [0, 0.1) is 0 Å². The van der Waals surface area contributed by atoms with Crippen molar-refractivity contribution in [1.29, 1.82) is 0 Å². The molecule has 6 nitrogen and oxygen atoms in total. The first-order valence-corrected chi connectivity index (χ1v) is 6.99. The fourth-order valence-electron chi connectivity index (χ4n) is 1.75. The Hall–Kier alpha value is -2.02. The summed E-state index contributed by atoms with van der Waals surface area (Å²) >= 11 is 1.33. The molecule has 0 saturated carbocycles. The molecule has 0 aliphatic carbocycles. The van der Waals surface area contributed by atoms with E-state index < -0.39 is 5.92 Å². The molecule has 7 heteroatoms. The van der Waals surface area contributed by atoms with Gasteiger partial charge in [-0.1, -0.05) is 42.1 Å². The predicted octanol–water partition coefficient (Wildman–Crippen LogP) is 1.16. The first-order valence-electron chi connectivity index (χ1n) is 6.00. The van der Waals surface area contributed by atoms with Gasteiger partial charge in [-0.05, 0) is 5.56 Å². The first kappa shape index (κ1) is 14.4. The van der Waals surface area contributed by atoms with Crippen LogP contribution in [0.2, 0.25) is 0 Å². The molecule has 1 aromatic carbocycles. The molecule has 0 bridgehead atoms. The molecule has 0 amide bonds. The van der Waals surface area contributed by atoms with E-state index in [4.69, 9.17) is 4.74 Å². The molecule has 20 heavy (non-hydrogen) atoms. The molecule has 0 fully saturated rings. The molecule has 106 valence electrons. The number of esters is 1.